The molecular formula is C21H25N3O6S2. The summed E-state index contributed by atoms with van der Waals surface area (Å²) in [5.41, 5.74) is 0.610. The number of morpholine rings is 1. The highest BCUT2D eigenvalue weighted by Crippen LogP contribution is 2.23. The minimum atomic E-state index is -3.63. The summed E-state index contributed by atoms with van der Waals surface area (Å²) in [5, 5.41) is 2.69. The van der Waals surface area contributed by atoms with Gasteiger partial charge in [-0.15, -0.1) is 0 Å². The lowest BCUT2D eigenvalue weighted by Crippen LogP contribution is -2.40. The lowest BCUT2D eigenvalue weighted by atomic mass is 10.2. The van der Waals surface area contributed by atoms with E-state index in [1.165, 1.54) is 57.1 Å². The van der Waals surface area contributed by atoms with Crippen LogP contribution >= 0.6 is 0 Å². The van der Waals surface area contributed by atoms with Crippen molar-refractivity contribution >= 4 is 31.6 Å². The predicted molar refractivity (Wildman–Crippen MR) is 118 cm³/mol. The van der Waals surface area contributed by atoms with Gasteiger partial charge in [-0.25, -0.2) is 16.8 Å². The number of hydrogen-bond donors (Lipinski definition) is 1. The van der Waals surface area contributed by atoms with E-state index in [0.29, 0.717) is 45.1 Å². The molecule has 11 heteroatoms. The molecule has 0 unspecified atom stereocenters. The summed E-state index contributed by atoms with van der Waals surface area (Å²) in [6.45, 7) is 2.30. The smallest absolute Gasteiger partial charge is 0.255 e. The number of carbonyl (C=O) groups excluding carboxylic acids is 1. The molecular weight excluding hydrogens is 454 g/mol. The minimum absolute atomic E-state index is 0.0824. The maximum Gasteiger partial charge on any atom is 0.255 e. The van der Waals surface area contributed by atoms with Gasteiger partial charge >= 0.3 is 0 Å². The van der Waals surface area contributed by atoms with Crippen LogP contribution in [0.15, 0.2) is 58.3 Å². The van der Waals surface area contributed by atoms with Crippen LogP contribution in [0.2, 0.25) is 0 Å². The number of carbonyl (C=O) groups is 1. The molecule has 0 spiro atoms. The van der Waals surface area contributed by atoms with Gasteiger partial charge in [0, 0.05) is 37.4 Å². The molecule has 9 nitrogen and oxygen atoms in total. The fourth-order valence-corrected chi connectivity index (χ4v) is 6.70. The number of sulfonamides is 2. The molecule has 0 bridgehead atoms. The van der Waals surface area contributed by atoms with Crippen molar-refractivity contribution < 1.29 is 26.4 Å². The van der Waals surface area contributed by atoms with Crippen LogP contribution in [0.1, 0.15) is 23.2 Å². The lowest BCUT2D eigenvalue weighted by molar-refractivity contribution is 0.0730. The van der Waals surface area contributed by atoms with Gasteiger partial charge in [0.05, 0.1) is 23.0 Å². The Bertz CT molecular complexity index is 1180. The first-order chi connectivity index (χ1) is 15.3. The number of hydrogen-bond acceptors (Lipinski definition) is 6. The Hall–Kier alpha value is -2.31. The van der Waals surface area contributed by atoms with Gasteiger partial charge < -0.3 is 10.1 Å². The molecule has 4 rings (SSSR count). The highest BCUT2D eigenvalue weighted by atomic mass is 32.2. The van der Waals surface area contributed by atoms with E-state index in [4.69, 9.17) is 4.74 Å². The average molecular weight is 480 g/mol. The van der Waals surface area contributed by atoms with Crippen LogP contribution in [0.3, 0.4) is 0 Å². The van der Waals surface area contributed by atoms with Gasteiger partial charge in [-0.3, -0.25) is 4.79 Å². The monoisotopic (exact) mass is 479 g/mol. The van der Waals surface area contributed by atoms with Crippen LogP contribution in [0, 0.1) is 0 Å². The van der Waals surface area contributed by atoms with Crippen LogP contribution in [0.25, 0.3) is 0 Å². The van der Waals surface area contributed by atoms with E-state index in [9.17, 15) is 21.6 Å². The fourth-order valence-electron chi connectivity index (χ4n) is 3.72. The third-order valence-corrected chi connectivity index (χ3v) is 9.33. The van der Waals surface area contributed by atoms with Gasteiger partial charge in [0.15, 0.2) is 0 Å². The van der Waals surface area contributed by atoms with Gasteiger partial charge in [-0.2, -0.15) is 8.61 Å². The molecule has 0 saturated carbocycles. The summed E-state index contributed by atoms with van der Waals surface area (Å²) < 4.78 is 58.9. The number of benzene rings is 2. The maximum atomic E-state index is 12.8. The van der Waals surface area contributed by atoms with Gasteiger partial charge in [-0.05, 0) is 55.3 Å². The molecule has 2 aromatic carbocycles. The summed E-state index contributed by atoms with van der Waals surface area (Å²) in [4.78, 5) is 12.9. The third-order valence-electron chi connectivity index (χ3n) is 5.52. The minimum Gasteiger partial charge on any atom is -0.379 e. The third kappa shape index (κ3) is 4.71. The predicted octanol–water partition coefficient (Wildman–Crippen LogP) is 1.74. The summed E-state index contributed by atoms with van der Waals surface area (Å²) in [5.74, 6) is -0.479. The average Bonchev–Trinajstić information content (AvgIpc) is 3.36. The van der Waals surface area contributed by atoms with Crippen molar-refractivity contribution in [2.45, 2.75) is 22.6 Å². The molecule has 2 fully saturated rings. The Morgan fingerprint density at radius 3 is 2.03 bits per heavy atom. The molecule has 2 aromatic rings. The molecule has 0 aliphatic carbocycles. The van der Waals surface area contributed by atoms with Crippen LogP contribution in [-0.4, -0.2) is 70.7 Å². The Morgan fingerprint density at radius 1 is 0.781 bits per heavy atom. The molecule has 1 N–H and O–H groups in total. The number of amides is 1. The highest BCUT2D eigenvalue weighted by molar-refractivity contribution is 7.89. The molecule has 2 heterocycles. The maximum absolute atomic E-state index is 12.8. The van der Waals surface area contributed by atoms with Crippen LogP contribution in [0.5, 0.6) is 0 Å². The van der Waals surface area contributed by atoms with E-state index in [1.807, 2.05) is 0 Å². The van der Waals surface area contributed by atoms with Gasteiger partial charge in [0.25, 0.3) is 5.91 Å². The van der Waals surface area contributed by atoms with E-state index in [1.54, 1.807) is 0 Å². The molecule has 32 heavy (non-hydrogen) atoms. The summed E-state index contributed by atoms with van der Waals surface area (Å²) in [7, 11) is -7.25. The molecule has 0 radical (unpaired) electrons. The summed E-state index contributed by atoms with van der Waals surface area (Å²) >= 11 is 0. The van der Waals surface area contributed by atoms with Crippen LogP contribution < -0.4 is 5.32 Å². The Labute approximate surface area is 188 Å². The van der Waals surface area contributed by atoms with Crippen molar-refractivity contribution in [3.63, 3.8) is 0 Å². The molecule has 0 atom stereocenters. The van der Waals surface area contributed by atoms with Crippen molar-refractivity contribution in [2.75, 3.05) is 44.7 Å². The van der Waals surface area contributed by atoms with Gasteiger partial charge in [-0.1, -0.05) is 6.07 Å². The standard InChI is InChI=1S/C21H25N3O6S2/c25-21(17-4-3-5-20(16-17)32(28,29)23-10-1-2-11-23)22-18-6-8-19(9-7-18)31(26,27)24-12-14-30-15-13-24/h3-9,16H,1-2,10-15H2,(H,22,25). The van der Waals surface area contributed by atoms with Crippen LogP contribution in [0.4, 0.5) is 5.69 Å². The second-order valence-corrected chi connectivity index (χ2v) is 11.5. The van der Waals surface area contributed by atoms with Crippen molar-refractivity contribution in [1.82, 2.24) is 8.61 Å². The van der Waals surface area contributed by atoms with Gasteiger partial charge in [0.2, 0.25) is 20.0 Å². The molecule has 2 saturated heterocycles. The largest absolute Gasteiger partial charge is 0.379 e. The number of nitrogens with zero attached hydrogens (tertiary/aromatic N) is 2. The summed E-state index contributed by atoms with van der Waals surface area (Å²) in [6, 6.07) is 11.8. The van der Waals surface area contributed by atoms with E-state index in [-0.39, 0.29) is 15.4 Å². The first kappa shape index (κ1) is 22.9. The number of ether oxygens (including phenoxy) is 1. The molecule has 1 amide bonds. The Kier molecular flexibility index (Phi) is 6.63. The Balaban J connectivity index is 1.47. The lowest BCUT2D eigenvalue weighted by Gasteiger charge is -2.26. The number of nitrogens with one attached hydrogen (secondary N) is 1. The van der Waals surface area contributed by atoms with E-state index in [0.717, 1.165) is 12.8 Å². The molecule has 2 aliphatic rings. The van der Waals surface area contributed by atoms with Crippen molar-refractivity contribution in [3.8, 4) is 0 Å². The van der Waals surface area contributed by atoms with Crippen LogP contribution in [-0.2, 0) is 24.8 Å². The summed E-state index contributed by atoms with van der Waals surface area (Å²) in [6.07, 6.45) is 1.66. The van der Waals surface area contributed by atoms with E-state index >= 15 is 0 Å². The van der Waals surface area contributed by atoms with Gasteiger partial charge in [0.1, 0.15) is 0 Å². The molecule has 2 aliphatic heterocycles. The van der Waals surface area contributed by atoms with Crippen molar-refractivity contribution in [1.29, 1.82) is 0 Å². The highest BCUT2D eigenvalue weighted by Gasteiger charge is 2.28. The zero-order valence-corrected chi connectivity index (χ0v) is 19.1. The zero-order chi connectivity index (χ0) is 22.8. The van der Waals surface area contributed by atoms with E-state index < -0.39 is 26.0 Å². The van der Waals surface area contributed by atoms with Crippen molar-refractivity contribution in [2.24, 2.45) is 0 Å². The SMILES string of the molecule is O=C(Nc1ccc(S(=O)(=O)N2CCOCC2)cc1)c1cccc(S(=O)(=O)N2CCCC2)c1. The fraction of sp³-hybridized carbons (Fsp3) is 0.381. The quantitative estimate of drug-likeness (QED) is 0.675. The number of rotatable bonds is 6. The molecule has 172 valence electrons. The zero-order valence-electron chi connectivity index (χ0n) is 17.4. The first-order valence-electron chi connectivity index (χ1n) is 10.4. The topological polar surface area (TPSA) is 113 Å². The Morgan fingerprint density at radius 2 is 1.38 bits per heavy atom. The van der Waals surface area contributed by atoms with Crippen molar-refractivity contribution in [3.05, 3.63) is 54.1 Å². The number of anilines is 1. The normalized spacial score (nSPS) is 18.5. The first-order valence-corrected chi connectivity index (χ1v) is 13.3. The van der Waals surface area contributed by atoms with E-state index in [2.05, 4.69) is 5.32 Å². The second-order valence-electron chi connectivity index (χ2n) is 7.63. The second kappa shape index (κ2) is 9.28. The molecule has 0 aromatic heterocycles.